The van der Waals surface area contributed by atoms with Crippen molar-refractivity contribution < 1.29 is 21.8 Å². The van der Waals surface area contributed by atoms with Crippen LogP contribution in [0.2, 0.25) is 0 Å². The third kappa shape index (κ3) is 2.48. The average molecular weight is 99.9 g/mol. The van der Waals surface area contributed by atoms with Crippen LogP contribution in [0.15, 0.2) is 0 Å². The molecule has 0 unspecified atom stereocenters. The van der Waals surface area contributed by atoms with Gasteiger partial charge < -0.3 is 4.74 Å². The molecule has 0 aliphatic carbocycles. The number of hydrogen-bond donors (Lipinski definition) is 0. The van der Waals surface area contributed by atoms with Gasteiger partial charge in [0.15, 0.2) is 0 Å². The minimum atomic E-state index is 0. The molecule has 1 aliphatic rings. The number of hydrogen-bond acceptors (Lipinski definition) is 1. The molecule has 0 atom stereocenters. The Hall–Kier alpha value is 0.479. The Balaban J connectivity index is 0.0000000900. The minimum absolute atomic E-state index is 0. The van der Waals surface area contributed by atoms with Crippen LogP contribution in [0.3, 0.4) is 0 Å². The molecule has 0 radical (unpaired) electrons. The van der Waals surface area contributed by atoms with Crippen LogP contribution in [0.25, 0.3) is 0 Å². The maximum Gasteiger partial charge on any atom is 0.0701 e. The van der Waals surface area contributed by atoms with Crippen molar-refractivity contribution in [3.8, 4) is 0 Å². The Morgan fingerprint density at radius 3 is 1.50 bits per heavy atom. The molecule has 2 heteroatoms. The predicted octanol–water partition coefficient (Wildman–Crippen LogP) is 0.0141. The van der Waals surface area contributed by atoms with Gasteiger partial charge in [0, 0.05) is 17.1 Å². The molecule has 0 amide bonds. The van der Waals surface area contributed by atoms with Crippen molar-refractivity contribution in [2.45, 2.75) is 0 Å². The van der Waals surface area contributed by atoms with Crippen LogP contribution in [0.4, 0.5) is 0 Å². The van der Waals surface area contributed by atoms with Gasteiger partial charge in [0.2, 0.25) is 0 Å². The zero-order chi connectivity index (χ0) is 2.12. The Labute approximate surface area is 35.8 Å². The summed E-state index contributed by atoms with van der Waals surface area (Å²) in [5.74, 6) is 0. The van der Waals surface area contributed by atoms with E-state index in [4.69, 9.17) is 0 Å². The van der Waals surface area contributed by atoms with E-state index in [1.165, 1.54) is 0 Å². The molecular formula is C2H4FeO. The van der Waals surface area contributed by atoms with E-state index >= 15 is 0 Å². The monoisotopic (exact) mass is 100.0 g/mol. The molecule has 1 aliphatic heterocycles. The van der Waals surface area contributed by atoms with Gasteiger partial charge in [-0.1, -0.05) is 0 Å². The molecule has 1 rings (SSSR count). The zero-order valence-corrected chi connectivity index (χ0v) is 3.28. The standard InChI is InChI=1S/C2H4O.Fe/c1-2-3-1;/h1-2H2;. The van der Waals surface area contributed by atoms with Gasteiger partial charge in [-0.3, -0.25) is 0 Å². The van der Waals surface area contributed by atoms with Crippen molar-refractivity contribution in [2.24, 2.45) is 0 Å². The molecule has 0 bridgehead atoms. The van der Waals surface area contributed by atoms with E-state index in [0.29, 0.717) is 0 Å². The second-order valence-corrected chi connectivity index (χ2v) is 0.612. The normalized spacial score (nSPS) is 18.0. The third-order valence-electron chi connectivity index (χ3n) is 0.204. The Kier molecular flexibility index (Phi) is 1.98. The van der Waals surface area contributed by atoms with E-state index in [2.05, 4.69) is 4.74 Å². The fourth-order valence-corrected chi connectivity index (χ4v) is 0. The summed E-state index contributed by atoms with van der Waals surface area (Å²) in [6, 6.07) is 0. The molecule has 0 aromatic heterocycles. The molecule has 0 saturated carbocycles. The average Bonchev–Trinajstić information content (AvgIpc) is 1.46. The van der Waals surface area contributed by atoms with Gasteiger partial charge in [-0.15, -0.1) is 0 Å². The van der Waals surface area contributed by atoms with Crippen LogP contribution in [0.5, 0.6) is 0 Å². The van der Waals surface area contributed by atoms with Crippen molar-refractivity contribution in [2.75, 3.05) is 13.2 Å². The number of epoxide rings is 1. The summed E-state index contributed by atoms with van der Waals surface area (Å²) in [4.78, 5) is 0. The third-order valence-corrected chi connectivity index (χ3v) is 0.204. The van der Waals surface area contributed by atoms with Crippen LogP contribution in [-0.2, 0) is 21.8 Å². The molecule has 1 saturated heterocycles. The minimum Gasteiger partial charge on any atom is -0.377 e. The summed E-state index contributed by atoms with van der Waals surface area (Å²) < 4.78 is 4.50. The van der Waals surface area contributed by atoms with Crippen molar-refractivity contribution in [3.63, 3.8) is 0 Å². The number of rotatable bonds is 0. The summed E-state index contributed by atoms with van der Waals surface area (Å²) in [6.07, 6.45) is 0. The largest absolute Gasteiger partial charge is 0.377 e. The first-order chi connectivity index (χ1) is 1.50. The summed E-state index contributed by atoms with van der Waals surface area (Å²) in [5.41, 5.74) is 0. The molecule has 26 valence electrons. The van der Waals surface area contributed by atoms with Gasteiger partial charge in [0.25, 0.3) is 0 Å². The first-order valence-electron chi connectivity index (χ1n) is 1.08. The van der Waals surface area contributed by atoms with Gasteiger partial charge in [-0.25, -0.2) is 0 Å². The maximum absolute atomic E-state index is 4.50. The summed E-state index contributed by atoms with van der Waals surface area (Å²) >= 11 is 0. The second kappa shape index (κ2) is 1.77. The van der Waals surface area contributed by atoms with Gasteiger partial charge in [-0.2, -0.15) is 0 Å². The first kappa shape index (κ1) is 4.48. The SMILES string of the molecule is C1CO1.[Fe]. The zero-order valence-electron chi connectivity index (χ0n) is 2.18. The van der Waals surface area contributed by atoms with Crippen molar-refractivity contribution >= 4 is 0 Å². The quantitative estimate of drug-likeness (QED) is 0.308. The molecule has 1 heterocycles. The second-order valence-electron chi connectivity index (χ2n) is 0.612. The van der Waals surface area contributed by atoms with E-state index in [1.54, 1.807) is 0 Å². The van der Waals surface area contributed by atoms with Crippen LogP contribution >= 0.6 is 0 Å². The van der Waals surface area contributed by atoms with Crippen LogP contribution in [-0.4, -0.2) is 13.2 Å². The summed E-state index contributed by atoms with van der Waals surface area (Å²) in [6.45, 7) is 2.00. The van der Waals surface area contributed by atoms with E-state index in [1.807, 2.05) is 0 Å². The van der Waals surface area contributed by atoms with Gasteiger partial charge in [0.05, 0.1) is 13.2 Å². The van der Waals surface area contributed by atoms with Crippen LogP contribution < -0.4 is 0 Å². The van der Waals surface area contributed by atoms with Gasteiger partial charge in [0.1, 0.15) is 0 Å². The summed E-state index contributed by atoms with van der Waals surface area (Å²) in [7, 11) is 0. The van der Waals surface area contributed by atoms with E-state index in [9.17, 15) is 0 Å². The molecule has 0 N–H and O–H groups in total. The molecule has 1 fully saturated rings. The van der Waals surface area contributed by atoms with E-state index in [-0.39, 0.29) is 17.1 Å². The fraction of sp³-hybridized carbons (Fsp3) is 1.00. The molecule has 0 aromatic rings. The van der Waals surface area contributed by atoms with Crippen molar-refractivity contribution in [1.29, 1.82) is 0 Å². The molecule has 0 spiro atoms. The topological polar surface area (TPSA) is 12.5 Å². The van der Waals surface area contributed by atoms with Crippen LogP contribution in [0.1, 0.15) is 0 Å². The molecular weight excluding hydrogens is 95.9 g/mol. The maximum atomic E-state index is 4.50. The van der Waals surface area contributed by atoms with Crippen molar-refractivity contribution in [1.82, 2.24) is 0 Å². The van der Waals surface area contributed by atoms with E-state index in [0.717, 1.165) is 13.2 Å². The van der Waals surface area contributed by atoms with Gasteiger partial charge in [-0.05, 0) is 0 Å². The van der Waals surface area contributed by atoms with Crippen molar-refractivity contribution in [3.05, 3.63) is 0 Å². The van der Waals surface area contributed by atoms with Gasteiger partial charge >= 0.3 is 0 Å². The molecule has 1 nitrogen and oxygen atoms in total. The Bertz CT molecular complexity index is 10.8. The summed E-state index contributed by atoms with van der Waals surface area (Å²) in [5, 5.41) is 0. The Morgan fingerprint density at radius 2 is 1.50 bits per heavy atom. The Morgan fingerprint density at radius 1 is 1.25 bits per heavy atom. The molecule has 4 heavy (non-hydrogen) atoms. The number of ether oxygens (including phenoxy) is 1. The fourth-order valence-electron chi connectivity index (χ4n) is 0. The first-order valence-corrected chi connectivity index (χ1v) is 1.08. The van der Waals surface area contributed by atoms with Crippen LogP contribution in [0, 0.1) is 0 Å². The molecule has 0 aromatic carbocycles. The predicted molar refractivity (Wildman–Crippen MR) is 10.8 cm³/mol. The smallest absolute Gasteiger partial charge is 0.0701 e. The van der Waals surface area contributed by atoms with E-state index < -0.39 is 0 Å².